The van der Waals surface area contributed by atoms with Crippen LogP contribution in [-0.4, -0.2) is 26.7 Å². The van der Waals surface area contributed by atoms with Crippen LogP contribution in [0.4, 0.5) is 4.39 Å². The van der Waals surface area contributed by atoms with E-state index in [9.17, 15) is 14.0 Å². The van der Waals surface area contributed by atoms with Crippen molar-refractivity contribution in [2.75, 3.05) is 11.5 Å². The molecular weight excluding hydrogens is 301 g/mol. The number of aromatic amines is 2. The molecule has 0 aliphatic carbocycles. The molecule has 0 saturated heterocycles. The van der Waals surface area contributed by atoms with Crippen LogP contribution >= 0.6 is 23.5 Å². The summed E-state index contributed by atoms with van der Waals surface area (Å²) in [5, 5.41) is 6.10. The third-order valence-corrected chi connectivity index (χ3v) is 4.55. The van der Waals surface area contributed by atoms with Gasteiger partial charge in [0.05, 0.1) is 0 Å². The van der Waals surface area contributed by atoms with Crippen LogP contribution < -0.4 is 11.2 Å². The van der Waals surface area contributed by atoms with E-state index < -0.39 is 11.2 Å². The van der Waals surface area contributed by atoms with Crippen LogP contribution in [0.3, 0.4) is 0 Å². The molecule has 1 aromatic heterocycles. The zero-order chi connectivity index (χ0) is 14.4. The summed E-state index contributed by atoms with van der Waals surface area (Å²) in [6, 6.07) is 6.48. The summed E-state index contributed by atoms with van der Waals surface area (Å²) < 4.78 is 13.0. The Morgan fingerprint density at radius 3 is 2.85 bits per heavy atom. The van der Waals surface area contributed by atoms with Gasteiger partial charge in [-0.05, 0) is 17.7 Å². The molecule has 1 heterocycles. The molecule has 0 amide bonds. The summed E-state index contributed by atoms with van der Waals surface area (Å²) in [4.78, 5) is 24.3. The van der Waals surface area contributed by atoms with Crippen molar-refractivity contribution in [1.29, 1.82) is 0 Å². The average molecular weight is 313 g/mol. The van der Waals surface area contributed by atoms with Gasteiger partial charge in [0, 0.05) is 17.3 Å². The number of halogens is 1. The number of rotatable bonds is 6. The van der Waals surface area contributed by atoms with E-state index in [-0.39, 0.29) is 10.8 Å². The zero-order valence-electron chi connectivity index (χ0n) is 10.4. The number of aromatic nitrogens is 3. The van der Waals surface area contributed by atoms with Gasteiger partial charge >= 0.3 is 5.69 Å². The van der Waals surface area contributed by atoms with Crippen LogP contribution in [0, 0.1) is 5.82 Å². The second kappa shape index (κ2) is 7.30. The topological polar surface area (TPSA) is 78.6 Å². The van der Waals surface area contributed by atoms with E-state index in [1.54, 1.807) is 17.8 Å². The lowest BCUT2D eigenvalue weighted by Gasteiger charge is -2.02. The van der Waals surface area contributed by atoms with E-state index in [0.29, 0.717) is 11.5 Å². The highest BCUT2D eigenvalue weighted by molar-refractivity contribution is 8.02. The largest absolute Gasteiger partial charge is 0.342 e. The zero-order valence-corrected chi connectivity index (χ0v) is 12.0. The normalized spacial score (nSPS) is 10.7. The van der Waals surface area contributed by atoms with Gasteiger partial charge in [-0.3, -0.25) is 9.78 Å². The lowest BCUT2D eigenvalue weighted by molar-refractivity contribution is 0.626. The number of benzene rings is 1. The molecule has 0 bridgehead atoms. The molecule has 2 N–H and O–H groups in total. The van der Waals surface area contributed by atoms with Crippen LogP contribution in [0.25, 0.3) is 0 Å². The maximum absolute atomic E-state index is 13.0. The molecule has 0 spiro atoms. The highest BCUT2D eigenvalue weighted by atomic mass is 32.2. The molecule has 2 aromatic rings. The Labute approximate surface area is 122 Å². The molecule has 0 saturated carbocycles. The summed E-state index contributed by atoms with van der Waals surface area (Å²) in [5.41, 5.74) is -0.159. The Morgan fingerprint density at radius 2 is 2.10 bits per heavy atom. The number of hydrogen-bond acceptors (Lipinski definition) is 5. The van der Waals surface area contributed by atoms with Crippen LogP contribution in [0.5, 0.6) is 0 Å². The Balaban J connectivity index is 1.74. The third-order valence-electron chi connectivity index (χ3n) is 2.30. The molecule has 0 radical (unpaired) electrons. The maximum atomic E-state index is 13.0. The van der Waals surface area contributed by atoms with Gasteiger partial charge in [-0.1, -0.05) is 23.9 Å². The number of hydrogen-bond donors (Lipinski definition) is 2. The quantitative estimate of drug-likeness (QED) is 0.626. The Hall–Kier alpha value is -1.54. The molecule has 2 rings (SSSR count). The second-order valence-electron chi connectivity index (χ2n) is 3.84. The molecule has 0 aliphatic heterocycles. The van der Waals surface area contributed by atoms with Gasteiger partial charge in [0.2, 0.25) is 0 Å². The van der Waals surface area contributed by atoms with Crippen molar-refractivity contribution in [2.45, 2.75) is 10.8 Å². The van der Waals surface area contributed by atoms with E-state index in [0.717, 1.165) is 11.3 Å². The van der Waals surface area contributed by atoms with E-state index in [1.807, 2.05) is 6.07 Å². The highest BCUT2D eigenvalue weighted by Gasteiger charge is 2.03. The Kier molecular flexibility index (Phi) is 5.42. The first-order chi connectivity index (χ1) is 9.65. The van der Waals surface area contributed by atoms with E-state index in [4.69, 9.17) is 0 Å². The standard InChI is InChI=1S/C12H12FN3O2S2/c13-9-3-1-2-8(6-9)7-19-4-5-20-11-10(17)14-12(18)16-15-11/h1-3,6H,4-5,7H2,(H2,14,16,17,18). The van der Waals surface area contributed by atoms with Gasteiger partial charge in [-0.25, -0.2) is 14.3 Å². The van der Waals surface area contributed by atoms with Crippen molar-refractivity contribution >= 4 is 23.5 Å². The first-order valence-corrected chi connectivity index (χ1v) is 7.93. The molecule has 0 fully saturated rings. The van der Waals surface area contributed by atoms with E-state index >= 15 is 0 Å². The van der Waals surface area contributed by atoms with Gasteiger partial charge in [0.1, 0.15) is 5.82 Å². The van der Waals surface area contributed by atoms with E-state index in [1.165, 1.54) is 23.9 Å². The molecule has 0 atom stereocenters. The number of H-pyrrole nitrogens is 2. The number of thioether (sulfide) groups is 2. The third kappa shape index (κ3) is 4.53. The van der Waals surface area contributed by atoms with Gasteiger partial charge in [0.25, 0.3) is 5.56 Å². The summed E-state index contributed by atoms with van der Waals surface area (Å²) in [6.45, 7) is 0. The van der Waals surface area contributed by atoms with Gasteiger partial charge in [-0.15, -0.1) is 0 Å². The van der Waals surface area contributed by atoms with Crippen LogP contribution in [0.2, 0.25) is 0 Å². The van der Waals surface area contributed by atoms with Crippen molar-refractivity contribution in [3.05, 3.63) is 56.5 Å². The molecule has 1 aromatic carbocycles. The lowest BCUT2D eigenvalue weighted by Crippen LogP contribution is -2.25. The fourth-order valence-corrected chi connectivity index (χ4v) is 3.30. The fraction of sp³-hybridized carbons (Fsp3) is 0.250. The van der Waals surface area contributed by atoms with Crippen molar-refractivity contribution in [2.24, 2.45) is 0 Å². The predicted molar refractivity (Wildman–Crippen MR) is 78.8 cm³/mol. The Morgan fingerprint density at radius 1 is 1.25 bits per heavy atom. The van der Waals surface area contributed by atoms with Crippen molar-refractivity contribution < 1.29 is 4.39 Å². The smallest absolute Gasteiger partial charge is 0.271 e. The molecule has 20 heavy (non-hydrogen) atoms. The summed E-state index contributed by atoms with van der Waals surface area (Å²) in [7, 11) is 0. The van der Waals surface area contributed by atoms with Gasteiger partial charge in [-0.2, -0.15) is 16.9 Å². The van der Waals surface area contributed by atoms with Gasteiger partial charge in [0.15, 0.2) is 5.03 Å². The minimum Gasteiger partial charge on any atom is -0.271 e. The number of nitrogens with zero attached hydrogens (tertiary/aromatic N) is 1. The van der Waals surface area contributed by atoms with Crippen molar-refractivity contribution in [3.8, 4) is 0 Å². The summed E-state index contributed by atoms with van der Waals surface area (Å²) in [6.07, 6.45) is 0. The van der Waals surface area contributed by atoms with E-state index in [2.05, 4.69) is 15.2 Å². The monoisotopic (exact) mass is 313 g/mol. The minimum absolute atomic E-state index is 0.235. The molecule has 8 heteroatoms. The number of nitrogens with one attached hydrogen (secondary N) is 2. The van der Waals surface area contributed by atoms with Crippen LogP contribution in [0.1, 0.15) is 5.56 Å². The first-order valence-electron chi connectivity index (χ1n) is 5.79. The van der Waals surface area contributed by atoms with Crippen LogP contribution in [0.15, 0.2) is 38.9 Å². The summed E-state index contributed by atoms with van der Waals surface area (Å²) in [5.74, 6) is 1.96. The molecule has 0 unspecified atom stereocenters. The lowest BCUT2D eigenvalue weighted by atomic mass is 10.2. The average Bonchev–Trinajstić information content (AvgIpc) is 2.41. The fourth-order valence-electron chi connectivity index (χ4n) is 1.45. The SMILES string of the molecule is O=c1[nH]nc(SCCSCc2cccc(F)c2)c(=O)[nH]1. The first kappa shape index (κ1) is 14.9. The molecule has 0 aliphatic rings. The molecular formula is C12H12FN3O2S2. The molecule has 5 nitrogen and oxygen atoms in total. The van der Waals surface area contributed by atoms with Crippen molar-refractivity contribution in [1.82, 2.24) is 15.2 Å². The molecule has 106 valence electrons. The predicted octanol–water partition coefficient (Wildman–Crippen LogP) is 1.62. The minimum atomic E-state index is -0.611. The Bertz CT molecular complexity index is 687. The second-order valence-corrected chi connectivity index (χ2v) is 6.03. The highest BCUT2D eigenvalue weighted by Crippen LogP contribution is 2.16. The van der Waals surface area contributed by atoms with Gasteiger partial charge < -0.3 is 0 Å². The summed E-state index contributed by atoms with van der Waals surface area (Å²) >= 11 is 2.92. The van der Waals surface area contributed by atoms with Crippen molar-refractivity contribution in [3.63, 3.8) is 0 Å². The maximum Gasteiger partial charge on any atom is 0.342 e. The van der Waals surface area contributed by atoms with Crippen LogP contribution in [-0.2, 0) is 5.75 Å².